The van der Waals surface area contributed by atoms with Gasteiger partial charge in [0.25, 0.3) is 0 Å². The van der Waals surface area contributed by atoms with Crippen LogP contribution < -0.4 is 0 Å². The first-order valence-electron chi connectivity index (χ1n) is 8.72. The fourth-order valence-corrected chi connectivity index (χ4v) is 4.22. The second-order valence-electron chi connectivity index (χ2n) is 8.06. The minimum absolute atomic E-state index is 0.414. The van der Waals surface area contributed by atoms with Crippen molar-refractivity contribution in [2.75, 3.05) is 13.1 Å². The Labute approximate surface area is 134 Å². The monoisotopic (exact) mass is 298 g/mol. The van der Waals surface area contributed by atoms with Gasteiger partial charge in [-0.3, -0.25) is 4.90 Å². The highest BCUT2D eigenvalue weighted by molar-refractivity contribution is 5.79. The van der Waals surface area contributed by atoms with Crippen molar-refractivity contribution in [2.24, 2.45) is 10.8 Å². The molecule has 3 rings (SSSR count). The van der Waals surface area contributed by atoms with Gasteiger partial charge in [0.05, 0.1) is 0 Å². The van der Waals surface area contributed by atoms with E-state index in [-0.39, 0.29) is 0 Å². The molecule has 0 unspecified atom stereocenters. The number of nitrogens with zero attached hydrogens (tertiary/aromatic N) is 1. The van der Waals surface area contributed by atoms with Gasteiger partial charge < -0.3 is 4.98 Å². The molecule has 1 aromatic heterocycles. The highest BCUT2D eigenvalue weighted by Gasteiger charge is 2.42. The highest BCUT2D eigenvalue weighted by Crippen LogP contribution is 2.49. The molecule has 1 N–H and O–H groups in total. The number of hydrogen-bond acceptors (Lipinski definition) is 1. The van der Waals surface area contributed by atoms with Gasteiger partial charge in [-0.05, 0) is 66.3 Å². The molecule has 0 atom stereocenters. The van der Waals surface area contributed by atoms with E-state index < -0.39 is 0 Å². The smallest absolute Gasteiger partial charge is 0.0457 e. The SMILES string of the molecule is CCC1(C(C)(C)C)CCN(Cc2ccc3cc[nH]c3c2)CC1. The summed E-state index contributed by atoms with van der Waals surface area (Å²) in [6.45, 7) is 13.2. The molecule has 1 aliphatic rings. The second kappa shape index (κ2) is 5.73. The number of benzene rings is 1. The standard InChI is InChI=1S/C20H30N2/c1-5-20(19(2,3)4)9-12-22(13-10-20)15-16-6-7-17-8-11-21-18(17)14-16/h6-8,11,14,21H,5,9-10,12-13,15H2,1-4H3. The molecule has 2 heterocycles. The zero-order valence-electron chi connectivity index (χ0n) is 14.6. The molecule has 0 bridgehead atoms. The minimum Gasteiger partial charge on any atom is -0.361 e. The first-order valence-corrected chi connectivity index (χ1v) is 8.72. The van der Waals surface area contributed by atoms with Crippen molar-refractivity contribution in [1.82, 2.24) is 9.88 Å². The van der Waals surface area contributed by atoms with Crippen molar-refractivity contribution in [3.63, 3.8) is 0 Å². The third kappa shape index (κ3) is 2.81. The Hall–Kier alpha value is -1.28. The Morgan fingerprint density at radius 2 is 1.86 bits per heavy atom. The van der Waals surface area contributed by atoms with Crippen LogP contribution in [0.15, 0.2) is 30.5 Å². The van der Waals surface area contributed by atoms with Gasteiger partial charge in [0, 0.05) is 18.3 Å². The highest BCUT2D eigenvalue weighted by atomic mass is 15.1. The number of fused-ring (bicyclic) bond motifs is 1. The van der Waals surface area contributed by atoms with Crippen LogP contribution in [0.1, 0.15) is 52.5 Å². The van der Waals surface area contributed by atoms with Gasteiger partial charge in [0.15, 0.2) is 0 Å². The summed E-state index contributed by atoms with van der Waals surface area (Å²) < 4.78 is 0. The van der Waals surface area contributed by atoms with Crippen molar-refractivity contribution in [3.05, 3.63) is 36.0 Å². The zero-order chi connectivity index (χ0) is 15.8. The lowest BCUT2D eigenvalue weighted by Gasteiger charge is -2.50. The van der Waals surface area contributed by atoms with Crippen molar-refractivity contribution in [2.45, 2.75) is 53.5 Å². The number of likely N-dealkylation sites (tertiary alicyclic amines) is 1. The summed E-state index contributed by atoms with van der Waals surface area (Å²) in [5.41, 5.74) is 3.62. The third-order valence-corrected chi connectivity index (χ3v) is 6.11. The average molecular weight is 298 g/mol. The first-order chi connectivity index (χ1) is 10.4. The molecule has 2 heteroatoms. The summed E-state index contributed by atoms with van der Waals surface area (Å²) in [5, 5.41) is 1.31. The van der Waals surface area contributed by atoms with E-state index in [2.05, 4.69) is 61.8 Å². The molecule has 22 heavy (non-hydrogen) atoms. The third-order valence-electron chi connectivity index (χ3n) is 6.11. The van der Waals surface area contributed by atoms with E-state index in [1.807, 2.05) is 6.20 Å². The van der Waals surface area contributed by atoms with Gasteiger partial charge in [-0.15, -0.1) is 0 Å². The Bertz CT molecular complexity index is 624. The summed E-state index contributed by atoms with van der Waals surface area (Å²) in [6.07, 6.45) is 5.99. The van der Waals surface area contributed by atoms with Gasteiger partial charge in [0.2, 0.25) is 0 Å². The summed E-state index contributed by atoms with van der Waals surface area (Å²) in [6, 6.07) is 8.96. The van der Waals surface area contributed by atoms with Crippen LogP contribution in [0.4, 0.5) is 0 Å². The second-order valence-corrected chi connectivity index (χ2v) is 8.06. The van der Waals surface area contributed by atoms with Gasteiger partial charge in [-0.25, -0.2) is 0 Å². The molecule has 0 spiro atoms. The quantitative estimate of drug-likeness (QED) is 0.824. The molecule has 2 aromatic rings. The van der Waals surface area contributed by atoms with Crippen LogP contribution in [0.2, 0.25) is 0 Å². The number of nitrogens with one attached hydrogen (secondary N) is 1. The van der Waals surface area contributed by atoms with Crippen molar-refractivity contribution < 1.29 is 0 Å². The van der Waals surface area contributed by atoms with Crippen molar-refractivity contribution in [1.29, 1.82) is 0 Å². The Balaban J connectivity index is 1.66. The lowest BCUT2D eigenvalue weighted by molar-refractivity contribution is -0.000105. The van der Waals surface area contributed by atoms with Crippen LogP contribution in [0.5, 0.6) is 0 Å². The number of H-pyrrole nitrogens is 1. The van der Waals surface area contributed by atoms with Crippen molar-refractivity contribution >= 4 is 10.9 Å². The van der Waals surface area contributed by atoms with Crippen LogP contribution >= 0.6 is 0 Å². The first kappa shape index (κ1) is 15.6. The number of hydrogen-bond donors (Lipinski definition) is 1. The summed E-state index contributed by atoms with van der Waals surface area (Å²) in [4.78, 5) is 5.95. The van der Waals surface area contributed by atoms with E-state index >= 15 is 0 Å². The predicted molar refractivity (Wildman–Crippen MR) is 95.0 cm³/mol. The van der Waals surface area contributed by atoms with Crippen LogP contribution in [0, 0.1) is 10.8 Å². The number of aromatic nitrogens is 1. The summed E-state index contributed by atoms with van der Waals surface area (Å²) in [7, 11) is 0. The van der Waals surface area contributed by atoms with E-state index in [0.29, 0.717) is 10.8 Å². The molecule has 1 fully saturated rings. The largest absolute Gasteiger partial charge is 0.361 e. The Morgan fingerprint density at radius 1 is 1.14 bits per heavy atom. The Morgan fingerprint density at radius 3 is 2.50 bits per heavy atom. The maximum Gasteiger partial charge on any atom is 0.0457 e. The predicted octanol–water partition coefficient (Wildman–Crippen LogP) is 5.21. The topological polar surface area (TPSA) is 19.0 Å². The van der Waals surface area contributed by atoms with Crippen LogP contribution in [-0.2, 0) is 6.54 Å². The molecule has 0 saturated carbocycles. The number of rotatable bonds is 3. The van der Waals surface area contributed by atoms with E-state index in [1.54, 1.807) is 0 Å². The van der Waals surface area contributed by atoms with Gasteiger partial charge in [0.1, 0.15) is 0 Å². The number of piperidine rings is 1. The molecule has 1 aliphatic heterocycles. The number of aromatic amines is 1. The average Bonchev–Trinajstić information content (AvgIpc) is 2.94. The lowest BCUT2D eigenvalue weighted by atomic mass is 9.60. The van der Waals surface area contributed by atoms with E-state index in [9.17, 15) is 0 Å². The molecule has 0 amide bonds. The maximum atomic E-state index is 3.32. The zero-order valence-corrected chi connectivity index (χ0v) is 14.6. The van der Waals surface area contributed by atoms with Crippen LogP contribution in [0.3, 0.4) is 0 Å². The molecular formula is C20H30N2. The fourth-order valence-electron chi connectivity index (χ4n) is 4.22. The molecule has 0 aliphatic carbocycles. The molecule has 2 nitrogen and oxygen atoms in total. The Kier molecular flexibility index (Phi) is 4.07. The minimum atomic E-state index is 0.414. The lowest BCUT2D eigenvalue weighted by Crippen LogP contribution is -2.46. The molecule has 1 aromatic carbocycles. The molecule has 120 valence electrons. The molecule has 1 saturated heterocycles. The van der Waals surface area contributed by atoms with Gasteiger partial charge in [-0.1, -0.05) is 39.8 Å². The maximum absolute atomic E-state index is 3.32. The molecular weight excluding hydrogens is 268 g/mol. The summed E-state index contributed by atoms with van der Waals surface area (Å²) >= 11 is 0. The van der Waals surface area contributed by atoms with Crippen LogP contribution in [-0.4, -0.2) is 23.0 Å². The van der Waals surface area contributed by atoms with E-state index in [4.69, 9.17) is 0 Å². The van der Waals surface area contributed by atoms with E-state index in [1.165, 1.54) is 48.8 Å². The summed E-state index contributed by atoms with van der Waals surface area (Å²) in [5.74, 6) is 0. The van der Waals surface area contributed by atoms with Gasteiger partial charge >= 0.3 is 0 Å². The van der Waals surface area contributed by atoms with E-state index in [0.717, 1.165) is 6.54 Å². The van der Waals surface area contributed by atoms with Crippen molar-refractivity contribution in [3.8, 4) is 0 Å². The van der Waals surface area contributed by atoms with Gasteiger partial charge in [-0.2, -0.15) is 0 Å². The van der Waals surface area contributed by atoms with Crippen LogP contribution in [0.25, 0.3) is 10.9 Å². The fraction of sp³-hybridized carbons (Fsp3) is 0.600. The normalized spacial score (nSPS) is 19.6. The molecule has 0 radical (unpaired) electrons.